The smallest absolute Gasteiger partial charge is 0.159 e. The van der Waals surface area contributed by atoms with Crippen LogP contribution in [-0.2, 0) is 13.0 Å². The Labute approximate surface area is 111 Å². The molecule has 2 aromatic rings. The van der Waals surface area contributed by atoms with Crippen molar-refractivity contribution >= 4 is 11.6 Å². The first-order valence-electron chi connectivity index (χ1n) is 6.07. The second-order valence-electron chi connectivity index (χ2n) is 4.49. The van der Waals surface area contributed by atoms with Crippen LogP contribution in [0.25, 0.3) is 11.4 Å². The van der Waals surface area contributed by atoms with Gasteiger partial charge in [-0.25, -0.2) is 9.97 Å². The molecule has 0 amide bonds. The van der Waals surface area contributed by atoms with Crippen molar-refractivity contribution in [3.8, 4) is 11.4 Å². The number of benzene rings is 1. The van der Waals surface area contributed by atoms with Crippen molar-refractivity contribution in [1.29, 1.82) is 0 Å². The molecule has 1 N–H and O–H groups in total. The van der Waals surface area contributed by atoms with E-state index >= 15 is 0 Å². The van der Waals surface area contributed by atoms with Crippen LogP contribution in [0.2, 0.25) is 5.02 Å². The van der Waals surface area contributed by atoms with E-state index in [0.29, 0.717) is 0 Å². The van der Waals surface area contributed by atoms with Gasteiger partial charge in [-0.1, -0.05) is 11.6 Å². The molecule has 92 valence electrons. The number of hydrogen-bond donors (Lipinski definition) is 1. The van der Waals surface area contributed by atoms with E-state index in [-0.39, 0.29) is 0 Å². The van der Waals surface area contributed by atoms with Gasteiger partial charge in [0, 0.05) is 22.8 Å². The topological polar surface area (TPSA) is 37.8 Å². The molecule has 1 aromatic heterocycles. The van der Waals surface area contributed by atoms with Crippen LogP contribution in [-0.4, -0.2) is 16.5 Å². The molecule has 0 saturated carbocycles. The monoisotopic (exact) mass is 259 g/mol. The van der Waals surface area contributed by atoms with Crippen molar-refractivity contribution in [2.24, 2.45) is 0 Å². The number of aryl methyl sites for hydroxylation is 1. The van der Waals surface area contributed by atoms with Crippen molar-refractivity contribution < 1.29 is 0 Å². The molecule has 0 aliphatic carbocycles. The summed E-state index contributed by atoms with van der Waals surface area (Å²) in [7, 11) is 0. The summed E-state index contributed by atoms with van der Waals surface area (Å²) in [6, 6.07) is 7.65. The molecule has 2 heterocycles. The van der Waals surface area contributed by atoms with E-state index < -0.39 is 0 Å². The SMILES string of the molecule is Cc1nc(-c2ccc(Cl)cc2)nc2c1CCNC2. The Morgan fingerprint density at radius 3 is 2.72 bits per heavy atom. The second-order valence-corrected chi connectivity index (χ2v) is 4.93. The van der Waals surface area contributed by atoms with Gasteiger partial charge in [-0.15, -0.1) is 0 Å². The summed E-state index contributed by atoms with van der Waals surface area (Å²) in [6.45, 7) is 3.90. The normalized spacial score (nSPS) is 14.3. The van der Waals surface area contributed by atoms with Gasteiger partial charge in [-0.05, 0) is 49.7 Å². The molecule has 0 atom stereocenters. The Morgan fingerprint density at radius 2 is 1.94 bits per heavy atom. The molecule has 0 radical (unpaired) electrons. The zero-order valence-electron chi connectivity index (χ0n) is 10.2. The summed E-state index contributed by atoms with van der Waals surface area (Å²) >= 11 is 5.89. The molecule has 3 rings (SSSR count). The number of rotatable bonds is 1. The van der Waals surface area contributed by atoms with E-state index in [2.05, 4.69) is 22.2 Å². The Morgan fingerprint density at radius 1 is 1.17 bits per heavy atom. The minimum atomic E-state index is 0.732. The quantitative estimate of drug-likeness (QED) is 0.856. The summed E-state index contributed by atoms with van der Waals surface area (Å²) in [5.41, 5.74) is 4.52. The van der Waals surface area contributed by atoms with Crippen molar-refractivity contribution in [2.75, 3.05) is 6.54 Å². The predicted molar refractivity (Wildman–Crippen MR) is 72.6 cm³/mol. The fourth-order valence-corrected chi connectivity index (χ4v) is 2.40. The number of fused-ring (bicyclic) bond motifs is 1. The minimum Gasteiger partial charge on any atom is -0.311 e. The second kappa shape index (κ2) is 4.67. The Kier molecular flexibility index (Phi) is 3.02. The number of aromatic nitrogens is 2. The number of hydrogen-bond acceptors (Lipinski definition) is 3. The molecule has 1 aliphatic rings. The van der Waals surface area contributed by atoms with Crippen LogP contribution < -0.4 is 5.32 Å². The Hall–Kier alpha value is -1.45. The molecule has 0 spiro atoms. The lowest BCUT2D eigenvalue weighted by molar-refractivity contribution is 0.620. The van der Waals surface area contributed by atoms with E-state index in [1.807, 2.05) is 24.3 Å². The summed E-state index contributed by atoms with van der Waals surface area (Å²) in [5.74, 6) is 0.784. The third-order valence-corrected chi connectivity index (χ3v) is 3.50. The zero-order chi connectivity index (χ0) is 12.5. The molecule has 0 saturated heterocycles. The summed E-state index contributed by atoms with van der Waals surface area (Å²) in [6.07, 6.45) is 1.02. The van der Waals surface area contributed by atoms with Gasteiger partial charge < -0.3 is 5.32 Å². The van der Waals surface area contributed by atoms with Gasteiger partial charge in [0.1, 0.15) is 0 Å². The fraction of sp³-hybridized carbons (Fsp3) is 0.286. The van der Waals surface area contributed by atoms with Gasteiger partial charge >= 0.3 is 0 Å². The first-order valence-corrected chi connectivity index (χ1v) is 6.45. The molecule has 0 unspecified atom stereocenters. The summed E-state index contributed by atoms with van der Waals surface area (Å²) < 4.78 is 0. The number of nitrogens with zero attached hydrogens (tertiary/aromatic N) is 2. The lowest BCUT2D eigenvalue weighted by atomic mass is 10.0. The predicted octanol–water partition coefficient (Wildman–Crippen LogP) is 2.75. The molecule has 1 aromatic carbocycles. The summed E-state index contributed by atoms with van der Waals surface area (Å²) in [4.78, 5) is 9.26. The average molecular weight is 260 g/mol. The van der Waals surface area contributed by atoms with Gasteiger partial charge in [0.25, 0.3) is 0 Å². The van der Waals surface area contributed by atoms with Crippen molar-refractivity contribution in [2.45, 2.75) is 19.9 Å². The largest absolute Gasteiger partial charge is 0.311 e. The van der Waals surface area contributed by atoms with Crippen LogP contribution in [0.3, 0.4) is 0 Å². The maximum atomic E-state index is 5.89. The van der Waals surface area contributed by atoms with Crippen molar-refractivity contribution in [1.82, 2.24) is 15.3 Å². The third-order valence-electron chi connectivity index (χ3n) is 3.25. The van der Waals surface area contributed by atoms with Crippen LogP contribution in [0.5, 0.6) is 0 Å². The molecule has 0 fully saturated rings. The Balaban J connectivity index is 2.08. The molecule has 4 heteroatoms. The van der Waals surface area contributed by atoms with Crippen LogP contribution >= 0.6 is 11.6 Å². The van der Waals surface area contributed by atoms with Crippen LogP contribution in [0.1, 0.15) is 17.0 Å². The zero-order valence-corrected chi connectivity index (χ0v) is 11.0. The van der Waals surface area contributed by atoms with Crippen LogP contribution in [0, 0.1) is 6.92 Å². The van der Waals surface area contributed by atoms with Gasteiger partial charge in [0.15, 0.2) is 5.82 Å². The molecule has 3 nitrogen and oxygen atoms in total. The third kappa shape index (κ3) is 2.11. The van der Waals surface area contributed by atoms with Crippen molar-refractivity contribution in [3.05, 3.63) is 46.2 Å². The standard InChI is InChI=1S/C14H14ClN3/c1-9-12-6-7-16-8-13(12)18-14(17-9)10-2-4-11(15)5-3-10/h2-5,16H,6-8H2,1H3. The van der Waals surface area contributed by atoms with Crippen LogP contribution in [0.15, 0.2) is 24.3 Å². The first kappa shape index (κ1) is 11.6. The number of halogens is 1. The highest BCUT2D eigenvalue weighted by Gasteiger charge is 2.15. The highest BCUT2D eigenvalue weighted by molar-refractivity contribution is 6.30. The number of nitrogens with one attached hydrogen (secondary N) is 1. The molecular weight excluding hydrogens is 246 g/mol. The van der Waals surface area contributed by atoms with Gasteiger partial charge in [0.2, 0.25) is 0 Å². The average Bonchev–Trinajstić information content (AvgIpc) is 2.39. The lowest BCUT2D eigenvalue weighted by Gasteiger charge is -2.18. The first-order chi connectivity index (χ1) is 8.74. The summed E-state index contributed by atoms with van der Waals surface area (Å²) in [5, 5.41) is 4.08. The highest BCUT2D eigenvalue weighted by atomic mass is 35.5. The fourth-order valence-electron chi connectivity index (χ4n) is 2.28. The lowest BCUT2D eigenvalue weighted by Crippen LogP contribution is -2.26. The highest BCUT2D eigenvalue weighted by Crippen LogP contribution is 2.22. The van der Waals surface area contributed by atoms with E-state index in [1.165, 1.54) is 5.56 Å². The minimum absolute atomic E-state index is 0.732. The molecule has 18 heavy (non-hydrogen) atoms. The van der Waals surface area contributed by atoms with Gasteiger partial charge in [-0.2, -0.15) is 0 Å². The van der Waals surface area contributed by atoms with Gasteiger partial charge in [-0.3, -0.25) is 0 Å². The van der Waals surface area contributed by atoms with Crippen LogP contribution in [0.4, 0.5) is 0 Å². The van der Waals surface area contributed by atoms with E-state index in [0.717, 1.165) is 47.3 Å². The van der Waals surface area contributed by atoms with Crippen molar-refractivity contribution in [3.63, 3.8) is 0 Å². The Bertz CT molecular complexity index is 578. The van der Waals surface area contributed by atoms with E-state index in [9.17, 15) is 0 Å². The molecule has 1 aliphatic heterocycles. The van der Waals surface area contributed by atoms with Gasteiger partial charge in [0.05, 0.1) is 5.69 Å². The maximum absolute atomic E-state index is 5.89. The van der Waals surface area contributed by atoms with E-state index in [1.54, 1.807) is 0 Å². The molecule has 0 bridgehead atoms. The molecular formula is C14H14ClN3. The maximum Gasteiger partial charge on any atom is 0.159 e. The van der Waals surface area contributed by atoms with E-state index in [4.69, 9.17) is 11.6 Å².